The normalized spacial score (nSPS) is 11.6. The molecule has 8 heteroatoms. The highest BCUT2D eigenvalue weighted by atomic mass is 32.2. The smallest absolute Gasteiger partial charge is 0.233 e. The number of fused-ring (bicyclic) bond motifs is 1. The van der Waals surface area contributed by atoms with Crippen LogP contribution in [-0.4, -0.2) is 34.0 Å². The van der Waals surface area contributed by atoms with Crippen molar-refractivity contribution in [2.45, 2.75) is 13.3 Å². The molecule has 7 nitrogen and oxygen atoms in total. The average Bonchev–Trinajstić information content (AvgIpc) is 3.08. The van der Waals surface area contributed by atoms with Crippen molar-refractivity contribution in [1.82, 2.24) is 19.8 Å². The average molecular weight is 393 g/mol. The first kappa shape index (κ1) is 18.1. The second-order valence-electron chi connectivity index (χ2n) is 6.47. The lowest BCUT2D eigenvalue weighted by molar-refractivity contribution is 0.600. The molecule has 4 rings (SSSR count). The van der Waals surface area contributed by atoms with Crippen LogP contribution in [0.4, 0.5) is 5.69 Å². The van der Waals surface area contributed by atoms with E-state index >= 15 is 0 Å². The number of aromatic nitrogens is 4. The summed E-state index contributed by atoms with van der Waals surface area (Å²) >= 11 is 0. The molecule has 0 atom stereocenters. The van der Waals surface area contributed by atoms with Crippen LogP contribution in [0.1, 0.15) is 11.4 Å². The van der Waals surface area contributed by atoms with Crippen molar-refractivity contribution in [3.63, 3.8) is 0 Å². The van der Waals surface area contributed by atoms with Gasteiger partial charge >= 0.3 is 0 Å². The summed E-state index contributed by atoms with van der Waals surface area (Å²) in [7, 11) is -3.42. The summed E-state index contributed by atoms with van der Waals surface area (Å²) < 4.78 is 29.0. The summed E-state index contributed by atoms with van der Waals surface area (Å²) in [6, 6.07) is 20.4. The molecule has 0 bridgehead atoms. The first-order chi connectivity index (χ1) is 13.5. The molecule has 1 N–H and O–H groups in total. The van der Waals surface area contributed by atoms with Gasteiger partial charge in [0, 0.05) is 11.3 Å². The van der Waals surface area contributed by atoms with Gasteiger partial charge in [0.25, 0.3) is 0 Å². The van der Waals surface area contributed by atoms with Crippen molar-refractivity contribution in [1.29, 1.82) is 0 Å². The SMILES string of the molecule is Cc1nnc2ccc(-c3ccc(NS(=O)(=O)CCc4ccccc4)cc3)nn12. The summed E-state index contributed by atoms with van der Waals surface area (Å²) in [6.45, 7) is 1.84. The van der Waals surface area contributed by atoms with Crippen LogP contribution >= 0.6 is 0 Å². The zero-order valence-electron chi connectivity index (χ0n) is 15.3. The Balaban J connectivity index is 1.47. The van der Waals surface area contributed by atoms with E-state index in [1.807, 2.05) is 61.5 Å². The van der Waals surface area contributed by atoms with Crippen LogP contribution in [0.3, 0.4) is 0 Å². The number of hydrogen-bond acceptors (Lipinski definition) is 5. The fourth-order valence-electron chi connectivity index (χ4n) is 2.89. The fraction of sp³-hybridized carbons (Fsp3) is 0.150. The van der Waals surface area contributed by atoms with Gasteiger partial charge in [0.2, 0.25) is 10.0 Å². The van der Waals surface area contributed by atoms with Crippen molar-refractivity contribution in [2.75, 3.05) is 10.5 Å². The van der Waals surface area contributed by atoms with Crippen molar-refractivity contribution in [3.05, 3.63) is 78.1 Å². The molecule has 0 saturated heterocycles. The van der Waals surface area contributed by atoms with E-state index in [-0.39, 0.29) is 5.75 Å². The molecule has 2 aromatic carbocycles. The third-order valence-electron chi connectivity index (χ3n) is 4.38. The van der Waals surface area contributed by atoms with Gasteiger partial charge in [0.1, 0.15) is 0 Å². The molecule has 0 unspecified atom stereocenters. The molecule has 2 heterocycles. The Morgan fingerprint density at radius 3 is 2.43 bits per heavy atom. The van der Waals surface area contributed by atoms with E-state index in [0.717, 1.165) is 16.8 Å². The van der Waals surface area contributed by atoms with E-state index in [0.29, 0.717) is 23.6 Å². The topological polar surface area (TPSA) is 89.2 Å². The van der Waals surface area contributed by atoms with E-state index in [2.05, 4.69) is 20.0 Å². The molecule has 0 aliphatic heterocycles. The zero-order valence-corrected chi connectivity index (χ0v) is 16.1. The molecular formula is C20H19N5O2S. The van der Waals surface area contributed by atoms with Crippen LogP contribution in [-0.2, 0) is 16.4 Å². The van der Waals surface area contributed by atoms with Crippen LogP contribution in [0, 0.1) is 6.92 Å². The Labute approximate surface area is 163 Å². The lowest BCUT2D eigenvalue weighted by Gasteiger charge is -2.09. The van der Waals surface area contributed by atoms with E-state index in [1.165, 1.54) is 0 Å². The fourth-order valence-corrected chi connectivity index (χ4v) is 3.99. The number of hydrogen-bond donors (Lipinski definition) is 1. The minimum absolute atomic E-state index is 0.0316. The molecule has 0 aliphatic rings. The molecule has 2 aromatic heterocycles. The summed E-state index contributed by atoms with van der Waals surface area (Å²) in [6.07, 6.45) is 0.469. The third kappa shape index (κ3) is 4.01. The van der Waals surface area contributed by atoms with Gasteiger partial charge in [0.15, 0.2) is 11.5 Å². The minimum Gasteiger partial charge on any atom is -0.284 e. The summed E-state index contributed by atoms with van der Waals surface area (Å²) in [4.78, 5) is 0. The van der Waals surface area contributed by atoms with Crippen LogP contribution in [0.5, 0.6) is 0 Å². The molecule has 0 aliphatic carbocycles. The van der Waals surface area contributed by atoms with Gasteiger partial charge in [-0.1, -0.05) is 42.5 Å². The maximum absolute atomic E-state index is 12.3. The highest BCUT2D eigenvalue weighted by molar-refractivity contribution is 7.92. The quantitative estimate of drug-likeness (QED) is 0.544. The van der Waals surface area contributed by atoms with Gasteiger partial charge < -0.3 is 0 Å². The summed E-state index contributed by atoms with van der Waals surface area (Å²) in [5.74, 6) is 0.740. The Bertz CT molecular complexity index is 1200. The van der Waals surface area contributed by atoms with Gasteiger partial charge in [-0.25, -0.2) is 8.42 Å². The Morgan fingerprint density at radius 2 is 1.68 bits per heavy atom. The van der Waals surface area contributed by atoms with Gasteiger partial charge in [-0.15, -0.1) is 10.2 Å². The molecule has 0 saturated carbocycles. The predicted molar refractivity (Wildman–Crippen MR) is 109 cm³/mol. The van der Waals surface area contributed by atoms with Gasteiger partial charge in [-0.05, 0) is 43.2 Å². The number of anilines is 1. The lowest BCUT2D eigenvalue weighted by atomic mass is 10.1. The van der Waals surface area contributed by atoms with Crippen molar-refractivity contribution in [2.24, 2.45) is 0 Å². The number of aryl methyl sites for hydroxylation is 2. The summed E-state index contributed by atoms with van der Waals surface area (Å²) in [5.41, 5.74) is 3.84. The number of nitrogens with zero attached hydrogens (tertiary/aromatic N) is 4. The predicted octanol–water partition coefficient (Wildman–Crippen LogP) is 3.08. The maximum atomic E-state index is 12.3. The first-order valence-electron chi connectivity index (χ1n) is 8.84. The molecule has 142 valence electrons. The van der Waals surface area contributed by atoms with Crippen LogP contribution in [0.15, 0.2) is 66.7 Å². The van der Waals surface area contributed by atoms with Crippen LogP contribution in [0.25, 0.3) is 16.9 Å². The van der Waals surface area contributed by atoms with E-state index in [1.54, 1.807) is 16.6 Å². The number of nitrogens with one attached hydrogen (secondary N) is 1. The van der Waals surface area contributed by atoms with Gasteiger partial charge in [-0.3, -0.25) is 4.72 Å². The Morgan fingerprint density at radius 1 is 0.929 bits per heavy atom. The monoisotopic (exact) mass is 393 g/mol. The first-order valence-corrected chi connectivity index (χ1v) is 10.5. The van der Waals surface area contributed by atoms with Gasteiger partial charge in [-0.2, -0.15) is 9.61 Å². The molecule has 0 spiro atoms. The van der Waals surface area contributed by atoms with Crippen LogP contribution in [0.2, 0.25) is 0 Å². The van der Waals surface area contributed by atoms with Gasteiger partial charge in [0.05, 0.1) is 11.4 Å². The van der Waals surface area contributed by atoms with Crippen molar-refractivity contribution >= 4 is 21.4 Å². The molecule has 0 fully saturated rings. The highest BCUT2D eigenvalue weighted by Crippen LogP contribution is 2.21. The third-order valence-corrected chi connectivity index (χ3v) is 5.66. The standard InChI is InChI=1S/C20H19N5O2S/c1-15-21-22-20-12-11-19(23-25(15)20)17-7-9-18(10-8-17)24-28(26,27)14-13-16-5-3-2-4-6-16/h2-12,24H,13-14H2,1H3. The zero-order chi connectivity index (χ0) is 19.6. The molecule has 0 radical (unpaired) electrons. The number of benzene rings is 2. The van der Waals surface area contributed by atoms with E-state index < -0.39 is 10.0 Å². The van der Waals surface area contributed by atoms with Crippen molar-refractivity contribution in [3.8, 4) is 11.3 Å². The Kier molecular flexibility index (Phi) is 4.79. The molecule has 28 heavy (non-hydrogen) atoms. The second kappa shape index (κ2) is 7.40. The largest absolute Gasteiger partial charge is 0.284 e. The van der Waals surface area contributed by atoms with Crippen molar-refractivity contribution < 1.29 is 8.42 Å². The van der Waals surface area contributed by atoms with E-state index in [4.69, 9.17) is 0 Å². The maximum Gasteiger partial charge on any atom is 0.233 e. The highest BCUT2D eigenvalue weighted by Gasteiger charge is 2.11. The lowest BCUT2D eigenvalue weighted by Crippen LogP contribution is -2.18. The minimum atomic E-state index is -3.42. The number of sulfonamides is 1. The molecule has 0 amide bonds. The Hall–Kier alpha value is -3.26. The molecular weight excluding hydrogens is 374 g/mol. The second-order valence-corrected chi connectivity index (χ2v) is 8.31. The van der Waals surface area contributed by atoms with E-state index in [9.17, 15) is 8.42 Å². The summed E-state index contributed by atoms with van der Waals surface area (Å²) in [5, 5.41) is 12.5. The molecule has 4 aromatic rings. The number of rotatable bonds is 6. The van der Waals surface area contributed by atoms with Crippen LogP contribution < -0.4 is 4.72 Å².